The Balaban J connectivity index is 2.01. The van der Waals surface area contributed by atoms with Gasteiger partial charge in [0.25, 0.3) is 5.56 Å². The first kappa shape index (κ1) is 12.9. The largest absolute Gasteiger partial charge is 0.495 e. The third kappa shape index (κ3) is 2.25. The summed E-state index contributed by atoms with van der Waals surface area (Å²) in [5.41, 5.74) is 1.71. The van der Waals surface area contributed by atoms with Gasteiger partial charge in [-0.25, -0.2) is 4.52 Å². The molecule has 0 spiro atoms. The van der Waals surface area contributed by atoms with Gasteiger partial charge in [-0.05, 0) is 23.8 Å². The Labute approximate surface area is 120 Å². The normalized spacial score (nSPS) is 10.5. The number of benzene rings is 1. The number of hydrogen-bond donors (Lipinski definition) is 0. The summed E-state index contributed by atoms with van der Waals surface area (Å²) < 4.78 is 8.23. The summed E-state index contributed by atoms with van der Waals surface area (Å²) in [6.45, 7) is 0.388. The third-order valence-corrected chi connectivity index (χ3v) is 3.28. The van der Waals surface area contributed by atoms with Crippen molar-refractivity contribution in [3.8, 4) is 11.8 Å². The average molecular weight is 280 g/mol. The van der Waals surface area contributed by atoms with E-state index in [1.165, 1.54) is 11.6 Å². The molecule has 2 heterocycles. The van der Waals surface area contributed by atoms with E-state index in [1.807, 2.05) is 6.07 Å². The van der Waals surface area contributed by atoms with E-state index < -0.39 is 0 Å². The number of fused-ring (bicyclic) bond motifs is 1. The number of ether oxygens (including phenoxy) is 1. The van der Waals surface area contributed by atoms with Crippen LogP contribution in [0.3, 0.4) is 0 Å². The van der Waals surface area contributed by atoms with E-state index in [1.54, 1.807) is 41.4 Å². The zero-order chi connectivity index (χ0) is 14.8. The molecule has 21 heavy (non-hydrogen) atoms. The summed E-state index contributed by atoms with van der Waals surface area (Å²) in [4.78, 5) is 12.3. The van der Waals surface area contributed by atoms with Crippen LogP contribution in [0.5, 0.6) is 5.75 Å². The van der Waals surface area contributed by atoms with E-state index in [2.05, 4.69) is 11.2 Å². The maximum atomic E-state index is 12.3. The molecular formula is C15H12N4O2. The highest BCUT2D eigenvalue weighted by molar-refractivity contribution is 5.46. The lowest BCUT2D eigenvalue weighted by molar-refractivity contribution is 0.413. The minimum absolute atomic E-state index is 0.121. The van der Waals surface area contributed by atoms with E-state index in [9.17, 15) is 4.79 Å². The van der Waals surface area contributed by atoms with E-state index in [0.29, 0.717) is 23.4 Å². The number of hydrogen-bond acceptors (Lipinski definition) is 4. The Morgan fingerprint density at radius 1 is 1.33 bits per heavy atom. The molecule has 104 valence electrons. The lowest BCUT2D eigenvalue weighted by Crippen LogP contribution is -2.21. The van der Waals surface area contributed by atoms with Gasteiger partial charge in [-0.15, -0.1) is 0 Å². The van der Waals surface area contributed by atoms with Crippen molar-refractivity contribution in [2.75, 3.05) is 7.11 Å². The molecule has 0 N–H and O–H groups in total. The van der Waals surface area contributed by atoms with Crippen molar-refractivity contribution in [2.24, 2.45) is 0 Å². The lowest BCUT2D eigenvalue weighted by atomic mass is 10.1. The van der Waals surface area contributed by atoms with Crippen LogP contribution < -0.4 is 10.3 Å². The SMILES string of the molecule is COc1ccc(Cn2ccn3nccc3c2=O)cc1C#N. The van der Waals surface area contributed by atoms with Gasteiger partial charge in [0.05, 0.1) is 25.4 Å². The summed E-state index contributed by atoms with van der Waals surface area (Å²) in [7, 11) is 1.52. The molecule has 0 unspecified atom stereocenters. The van der Waals surface area contributed by atoms with Gasteiger partial charge in [0.2, 0.25) is 0 Å². The summed E-state index contributed by atoms with van der Waals surface area (Å²) in [5, 5.41) is 13.1. The van der Waals surface area contributed by atoms with Crippen molar-refractivity contribution in [3.63, 3.8) is 0 Å². The van der Waals surface area contributed by atoms with E-state index in [-0.39, 0.29) is 5.56 Å². The Hall–Kier alpha value is -3.07. The quantitative estimate of drug-likeness (QED) is 0.727. The molecule has 0 fully saturated rings. The van der Waals surface area contributed by atoms with Crippen LogP contribution in [-0.4, -0.2) is 21.3 Å². The molecule has 0 saturated carbocycles. The highest BCUT2D eigenvalue weighted by atomic mass is 16.5. The topological polar surface area (TPSA) is 72.3 Å². The molecule has 3 rings (SSSR count). The highest BCUT2D eigenvalue weighted by Crippen LogP contribution is 2.19. The molecule has 6 heteroatoms. The molecule has 0 saturated heterocycles. The standard InChI is InChI=1S/C15H12N4O2/c1-21-14-3-2-11(8-12(14)9-16)10-18-6-7-19-13(15(18)20)4-5-17-19/h2-8H,10H2,1H3. The first-order valence-corrected chi connectivity index (χ1v) is 6.33. The van der Waals surface area contributed by atoms with Crippen molar-refractivity contribution >= 4 is 5.52 Å². The molecule has 0 atom stereocenters. The van der Waals surface area contributed by atoms with Gasteiger partial charge in [-0.3, -0.25) is 4.79 Å². The van der Waals surface area contributed by atoms with Crippen LogP contribution in [0.25, 0.3) is 5.52 Å². The fraction of sp³-hybridized carbons (Fsp3) is 0.133. The smallest absolute Gasteiger partial charge is 0.276 e. The minimum atomic E-state index is -0.121. The van der Waals surface area contributed by atoms with Gasteiger partial charge < -0.3 is 9.30 Å². The number of nitrogens with zero attached hydrogens (tertiary/aromatic N) is 4. The van der Waals surface area contributed by atoms with Crippen LogP contribution in [0.4, 0.5) is 0 Å². The maximum absolute atomic E-state index is 12.3. The van der Waals surface area contributed by atoms with E-state index >= 15 is 0 Å². The van der Waals surface area contributed by atoms with Crippen LogP contribution in [-0.2, 0) is 6.54 Å². The number of rotatable bonds is 3. The van der Waals surface area contributed by atoms with Gasteiger partial charge in [-0.1, -0.05) is 6.07 Å². The molecule has 0 aliphatic heterocycles. The van der Waals surface area contributed by atoms with Crippen LogP contribution in [0.2, 0.25) is 0 Å². The highest BCUT2D eigenvalue weighted by Gasteiger charge is 2.07. The van der Waals surface area contributed by atoms with Crippen LogP contribution in [0, 0.1) is 11.3 Å². The van der Waals surface area contributed by atoms with E-state index in [0.717, 1.165) is 5.56 Å². The Morgan fingerprint density at radius 2 is 2.19 bits per heavy atom. The molecule has 6 nitrogen and oxygen atoms in total. The van der Waals surface area contributed by atoms with E-state index in [4.69, 9.17) is 10.00 Å². The summed E-state index contributed by atoms with van der Waals surface area (Å²) in [6.07, 6.45) is 4.99. The zero-order valence-corrected chi connectivity index (χ0v) is 11.4. The molecule has 0 amide bonds. The molecule has 0 aliphatic carbocycles. The molecule has 1 aromatic carbocycles. The van der Waals surface area contributed by atoms with Crippen molar-refractivity contribution in [3.05, 3.63) is 64.3 Å². The molecular weight excluding hydrogens is 268 g/mol. The fourth-order valence-corrected chi connectivity index (χ4v) is 2.22. The molecule has 0 aliphatic rings. The van der Waals surface area contributed by atoms with Crippen LogP contribution in [0.1, 0.15) is 11.1 Å². The summed E-state index contributed by atoms with van der Waals surface area (Å²) >= 11 is 0. The van der Waals surface area contributed by atoms with Crippen molar-refractivity contribution in [1.29, 1.82) is 5.26 Å². The number of nitriles is 1. The number of methoxy groups -OCH3 is 1. The Morgan fingerprint density at radius 3 is 2.95 bits per heavy atom. The van der Waals surface area contributed by atoms with Gasteiger partial charge >= 0.3 is 0 Å². The Kier molecular flexibility index (Phi) is 3.16. The van der Waals surface area contributed by atoms with Gasteiger partial charge in [0, 0.05) is 12.4 Å². The fourth-order valence-electron chi connectivity index (χ4n) is 2.22. The van der Waals surface area contributed by atoms with Crippen molar-refractivity contribution in [1.82, 2.24) is 14.2 Å². The van der Waals surface area contributed by atoms with Crippen molar-refractivity contribution < 1.29 is 4.74 Å². The second-order valence-electron chi connectivity index (χ2n) is 4.54. The summed E-state index contributed by atoms with van der Waals surface area (Å²) in [5.74, 6) is 0.528. The maximum Gasteiger partial charge on any atom is 0.276 e. The molecule has 0 radical (unpaired) electrons. The van der Waals surface area contributed by atoms with Crippen LogP contribution >= 0.6 is 0 Å². The third-order valence-electron chi connectivity index (χ3n) is 3.28. The van der Waals surface area contributed by atoms with Gasteiger partial charge in [0.1, 0.15) is 17.3 Å². The monoisotopic (exact) mass is 280 g/mol. The lowest BCUT2D eigenvalue weighted by Gasteiger charge is -2.08. The van der Waals surface area contributed by atoms with Crippen molar-refractivity contribution in [2.45, 2.75) is 6.54 Å². The first-order chi connectivity index (χ1) is 10.2. The predicted molar refractivity (Wildman–Crippen MR) is 76.3 cm³/mol. The second-order valence-corrected chi connectivity index (χ2v) is 4.54. The zero-order valence-electron chi connectivity index (χ0n) is 11.4. The predicted octanol–water partition coefficient (Wildman–Crippen LogP) is 1.42. The average Bonchev–Trinajstić information content (AvgIpc) is 2.99. The number of aromatic nitrogens is 3. The molecule has 2 aromatic heterocycles. The second kappa shape index (κ2) is 5.13. The summed E-state index contributed by atoms with van der Waals surface area (Å²) in [6, 6.07) is 9.06. The van der Waals surface area contributed by atoms with Gasteiger partial charge in [-0.2, -0.15) is 10.4 Å². The molecule has 0 bridgehead atoms. The Bertz CT molecular complexity index is 902. The molecule has 3 aromatic rings. The first-order valence-electron chi connectivity index (χ1n) is 6.33. The minimum Gasteiger partial charge on any atom is -0.495 e. The van der Waals surface area contributed by atoms with Gasteiger partial charge in [0.15, 0.2) is 0 Å². The van der Waals surface area contributed by atoms with Crippen LogP contribution in [0.15, 0.2) is 47.7 Å².